The second-order valence-corrected chi connectivity index (χ2v) is 7.70. The summed E-state index contributed by atoms with van der Waals surface area (Å²) >= 11 is 12.1. The Morgan fingerprint density at radius 1 is 1.04 bits per heavy atom. The molecule has 4 rings (SSSR count). The first kappa shape index (κ1) is 18.4. The Kier molecular flexibility index (Phi) is 4.89. The maximum absolute atomic E-state index is 6.51. The number of imidazole rings is 1. The van der Waals surface area contributed by atoms with Gasteiger partial charge >= 0.3 is 0 Å². The third kappa shape index (κ3) is 3.45. The molecule has 0 N–H and O–H groups in total. The second kappa shape index (κ2) is 7.19. The average Bonchev–Trinajstić information content (AvgIpc) is 3.28. The number of hydrogen-bond donors (Lipinski definition) is 0. The molecule has 27 heavy (non-hydrogen) atoms. The van der Waals surface area contributed by atoms with Gasteiger partial charge in [-0.25, -0.2) is 4.98 Å². The summed E-state index contributed by atoms with van der Waals surface area (Å²) in [6.07, 6.45) is 7.27. The van der Waals surface area contributed by atoms with Gasteiger partial charge in [-0.15, -0.1) is 0 Å². The van der Waals surface area contributed by atoms with E-state index < -0.39 is 11.2 Å². The fourth-order valence-electron chi connectivity index (χ4n) is 3.65. The molecule has 0 spiro atoms. The molecule has 0 radical (unpaired) electrons. The van der Waals surface area contributed by atoms with Crippen LogP contribution in [0.3, 0.4) is 0 Å². The Morgan fingerprint density at radius 3 is 2.19 bits per heavy atom. The maximum Gasteiger partial charge on any atom is 0.150 e. The van der Waals surface area contributed by atoms with Crippen LogP contribution in [0.15, 0.2) is 67.3 Å². The normalized spacial score (nSPS) is 17.3. The number of rotatable bonds is 7. The van der Waals surface area contributed by atoms with E-state index >= 15 is 0 Å². The Labute approximate surface area is 168 Å². The molecule has 1 heterocycles. The van der Waals surface area contributed by atoms with Gasteiger partial charge in [-0.3, -0.25) is 0 Å². The van der Waals surface area contributed by atoms with Gasteiger partial charge in [0.1, 0.15) is 17.0 Å². The Balaban J connectivity index is 1.76. The van der Waals surface area contributed by atoms with Crippen LogP contribution in [0.4, 0.5) is 0 Å². The summed E-state index contributed by atoms with van der Waals surface area (Å²) in [7, 11) is 1.73. The summed E-state index contributed by atoms with van der Waals surface area (Å²) in [5.74, 6) is 0.776. The predicted octanol–water partition coefficient (Wildman–Crippen LogP) is 5.34. The minimum absolute atomic E-state index is 0.478. The number of benzene rings is 2. The molecule has 1 saturated carbocycles. The van der Waals surface area contributed by atoms with Crippen molar-refractivity contribution in [3.8, 4) is 5.75 Å². The highest BCUT2D eigenvalue weighted by molar-refractivity contribution is 6.30. The number of hydrogen-bond acceptors (Lipinski definition) is 3. The first-order chi connectivity index (χ1) is 13.1. The van der Waals surface area contributed by atoms with Crippen LogP contribution in [0.25, 0.3) is 0 Å². The molecule has 1 aliphatic carbocycles. The number of halogens is 2. The van der Waals surface area contributed by atoms with Crippen molar-refractivity contribution in [2.45, 2.75) is 30.6 Å². The van der Waals surface area contributed by atoms with E-state index in [0.717, 1.165) is 24.2 Å². The van der Waals surface area contributed by atoms with Crippen LogP contribution in [0.2, 0.25) is 10.0 Å². The van der Waals surface area contributed by atoms with Crippen molar-refractivity contribution in [1.29, 1.82) is 0 Å². The first-order valence-corrected chi connectivity index (χ1v) is 9.54. The fraction of sp³-hybridized carbons (Fsp3) is 0.286. The van der Waals surface area contributed by atoms with Gasteiger partial charge < -0.3 is 14.0 Å². The van der Waals surface area contributed by atoms with Gasteiger partial charge in [-0.1, -0.05) is 35.3 Å². The minimum atomic E-state index is -0.683. The van der Waals surface area contributed by atoms with Gasteiger partial charge in [0.15, 0.2) is 0 Å². The largest absolute Gasteiger partial charge is 0.484 e. The Hall–Kier alpha value is -2.01. The lowest BCUT2D eigenvalue weighted by atomic mass is 9.85. The van der Waals surface area contributed by atoms with Crippen molar-refractivity contribution in [2.75, 3.05) is 7.11 Å². The molecule has 1 atom stereocenters. The average molecular weight is 403 g/mol. The zero-order chi connectivity index (χ0) is 18.9. The van der Waals surface area contributed by atoms with Crippen molar-refractivity contribution in [1.82, 2.24) is 9.55 Å². The van der Waals surface area contributed by atoms with Crippen LogP contribution >= 0.6 is 23.2 Å². The predicted molar refractivity (Wildman–Crippen MR) is 106 cm³/mol. The maximum atomic E-state index is 6.51. The third-order valence-electron chi connectivity index (χ3n) is 5.19. The van der Waals surface area contributed by atoms with E-state index in [4.69, 9.17) is 32.7 Å². The summed E-state index contributed by atoms with van der Waals surface area (Å²) in [6, 6.07) is 15.2. The molecule has 3 aromatic rings. The van der Waals surface area contributed by atoms with Gasteiger partial charge in [0, 0.05) is 29.5 Å². The van der Waals surface area contributed by atoms with E-state index in [2.05, 4.69) is 4.98 Å². The van der Waals surface area contributed by atoms with Gasteiger partial charge in [-0.05, 0) is 54.8 Å². The monoisotopic (exact) mass is 402 g/mol. The lowest BCUT2D eigenvalue weighted by Crippen LogP contribution is -2.50. The van der Waals surface area contributed by atoms with Crippen LogP contribution in [-0.2, 0) is 16.9 Å². The van der Waals surface area contributed by atoms with Gasteiger partial charge in [-0.2, -0.15) is 0 Å². The molecule has 0 aliphatic heterocycles. The van der Waals surface area contributed by atoms with E-state index in [-0.39, 0.29) is 0 Å². The van der Waals surface area contributed by atoms with E-state index in [1.165, 1.54) is 0 Å². The highest BCUT2D eigenvalue weighted by Crippen LogP contribution is 2.55. The van der Waals surface area contributed by atoms with Crippen molar-refractivity contribution in [3.05, 3.63) is 82.9 Å². The number of nitrogens with zero attached hydrogens (tertiary/aromatic N) is 2. The third-order valence-corrected chi connectivity index (χ3v) is 5.69. The zero-order valence-electron chi connectivity index (χ0n) is 14.9. The van der Waals surface area contributed by atoms with Crippen molar-refractivity contribution in [3.63, 3.8) is 0 Å². The standard InChI is InChI=1S/C21H20Cl2N2O2/c1-26-21(14-25-13-12-24-15-25,16-2-4-17(22)5-3-16)20(10-11-20)27-19-8-6-18(23)7-9-19/h2-9,12-13,15H,10-11,14H2,1H3. The highest BCUT2D eigenvalue weighted by atomic mass is 35.5. The molecule has 140 valence electrons. The number of aromatic nitrogens is 2. The lowest BCUT2D eigenvalue weighted by Gasteiger charge is -2.41. The SMILES string of the molecule is COC(Cn1ccnc1)(c1ccc(Cl)cc1)C1(Oc2ccc(Cl)cc2)CC1. The molecule has 1 fully saturated rings. The fourth-order valence-corrected chi connectivity index (χ4v) is 3.91. The minimum Gasteiger partial charge on any atom is -0.484 e. The number of methoxy groups -OCH3 is 1. The topological polar surface area (TPSA) is 36.3 Å². The van der Waals surface area contributed by atoms with Gasteiger partial charge in [0.05, 0.1) is 12.9 Å². The second-order valence-electron chi connectivity index (χ2n) is 6.82. The molecule has 6 heteroatoms. The first-order valence-electron chi connectivity index (χ1n) is 8.78. The lowest BCUT2D eigenvalue weighted by molar-refractivity contribution is -0.123. The van der Waals surface area contributed by atoms with Crippen molar-refractivity contribution >= 4 is 23.2 Å². The number of ether oxygens (including phenoxy) is 2. The van der Waals surface area contributed by atoms with Crippen LogP contribution in [0.5, 0.6) is 5.75 Å². The molecule has 2 aromatic carbocycles. The van der Waals surface area contributed by atoms with Crippen LogP contribution in [-0.4, -0.2) is 22.3 Å². The van der Waals surface area contributed by atoms with E-state index in [9.17, 15) is 0 Å². The summed E-state index contributed by atoms with van der Waals surface area (Å²) in [5, 5.41) is 1.37. The van der Waals surface area contributed by atoms with Gasteiger partial charge in [0.2, 0.25) is 0 Å². The molecule has 1 unspecified atom stereocenters. The summed E-state index contributed by atoms with van der Waals surface area (Å²) < 4.78 is 14.7. The molecule has 4 nitrogen and oxygen atoms in total. The van der Waals surface area contributed by atoms with Crippen LogP contribution in [0.1, 0.15) is 18.4 Å². The van der Waals surface area contributed by atoms with Crippen LogP contribution in [0, 0.1) is 0 Å². The van der Waals surface area contributed by atoms with E-state index in [1.54, 1.807) is 19.6 Å². The summed E-state index contributed by atoms with van der Waals surface area (Å²) in [4.78, 5) is 4.18. The van der Waals surface area contributed by atoms with Gasteiger partial charge in [0.25, 0.3) is 0 Å². The molecular weight excluding hydrogens is 383 g/mol. The summed E-state index contributed by atoms with van der Waals surface area (Å²) in [6.45, 7) is 0.582. The molecule has 0 saturated heterocycles. The molecule has 0 bridgehead atoms. The van der Waals surface area contributed by atoms with Crippen LogP contribution < -0.4 is 4.74 Å². The quantitative estimate of drug-likeness (QED) is 0.534. The van der Waals surface area contributed by atoms with Crippen molar-refractivity contribution < 1.29 is 9.47 Å². The summed E-state index contributed by atoms with van der Waals surface area (Å²) in [5.41, 5.74) is -0.138. The van der Waals surface area contributed by atoms with E-state index in [0.29, 0.717) is 16.6 Å². The Morgan fingerprint density at radius 2 is 1.67 bits per heavy atom. The molecule has 1 aromatic heterocycles. The smallest absolute Gasteiger partial charge is 0.150 e. The molecule has 0 amide bonds. The highest BCUT2D eigenvalue weighted by Gasteiger charge is 2.64. The molecular formula is C21H20Cl2N2O2. The Bertz CT molecular complexity index is 891. The zero-order valence-corrected chi connectivity index (χ0v) is 16.5. The molecule has 1 aliphatic rings. The van der Waals surface area contributed by atoms with E-state index in [1.807, 2.05) is 59.3 Å². The van der Waals surface area contributed by atoms with Crippen molar-refractivity contribution in [2.24, 2.45) is 0 Å².